The highest BCUT2D eigenvalue weighted by molar-refractivity contribution is 5.90. The van der Waals surface area contributed by atoms with Crippen LogP contribution in [-0.2, 0) is 7.05 Å². The Morgan fingerprint density at radius 2 is 1.88 bits per heavy atom. The smallest absolute Gasteiger partial charge is 0.297 e. The molecule has 0 aliphatic carbocycles. The molecule has 0 saturated heterocycles. The van der Waals surface area contributed by atoms with Crippen LogP contribution in [0.25, 0.3) is 10.9 Å². The van der Waals surface area contributed by atoms with Gasteiger partial charge in [0.2, 0.25) is 5.75 Å². The molecular formula is C19H28N2O3. The maximum Gasteiger partial charge on any atom is 0.297 e. The van der Waals surface area contributed by atoms with Crippen molar-refractivity contribution in [2.75, 3.05) is 25.6 Å². The molecule has 2 aromatic rings. The SMILES string of the molecule is CCCCNc1ccc2c(OC)c(OCCCC)c(=O)n(C)c2c1. The highest BCUT2D eigenvalue weighted by atomic mass is 16.5. The van der Waals surface area contributed by atoms with E-state index in [1.54, 1.807) is 18.7 Å². The average molecular weight is 332 g/mol. The highest BCUT2D eigenvalue weighted by Crippen LogP contribution is 2.33. The summed E-state index contributed by atoms with van der Waals surface area (Å²) in [5.41, 5.74) is 1.68. The molecule has 0 aliphatic rings. The molecule has 1 heterocycles. The van der Waals surface area contributed by atoms with E-state index >= 15 is 0 Å². The number of pyridine rings is 1. The van der Waals surface area contributed by atoms with Gasteiger partial charge in [-0.05, 0) is 31.0 Å². The van der Waals surface area contributed by atoms with E-state index in [-0.39, 0.29) is 5.56 Å². The Morgan fingerprint density at radius 1 is 1.12 bits per heavy atom. The number of aryl methyl sites for hydroxylation is 1. The number of rotatable bonds is 9. The van der Waals surface area contributed by atoms with Crippen molar-refractivity contribution < 1.29 is 9.47 Å². The van der Waals surface area contributed by atoms with Crippen molar-refractivity contribution in [2.24, 2.45) is 7.05 Å². The summed E-state index contributed by atoms with van der Waals surface area (Å²) in [6.45, 7) is 5.69. The number of nitrogens with one attached hydrogen (secondary N) is 1. The lowest BCUT2D eigenvalue weighted by Crippen LogP contribution is -2.21. The van der Waals surface area contributed by atoms with Crippen molar-refractivity contribution in [2.45, 2.75) is 39.5 Å². The van der Waals surface area contributed by atoms with E-state index in [0.29, 0.717) is 18.1 Å². The van der Waals surface area contributed by atoms with Crippen molar-refractivity contribution in [1.82, 2.24) is 4.57 Å². The number of hydrogen-bond acceptors (Lipinski definition) is 4. The molecular weight excluding hydrogens is 304 g/mol. The molecule has 132 valence electrons. The molecule has 0 unspecified atom stereocenters. The molecule has 0 saturated carbocycles. The lowest BCUT2D eigenvalue weighted by atomic mass is 10.1. The summed E-state index contributed by atoms with van der Waals surface area (Å²) in [5, 5.41) is 4.27. The van der Waals surface area contributed by atoms with Crippen molar-refractivity contribution >= 4 is 16.6 Å². The van der Waals surface area contributed by atoms with Crippen LogP contribution >= 0.6 is 0 Å². The van der Waals surface area contributed by atoms with Gasteiger partial charge in [0.15, 0.2) is 5.75 Å². The standard InChI is InChI=1S/C19H28N2O3/c1-5-7-11-20-14-9-10-15-16(13-14)21(3)19(22)18(17(15)23-4)24-12-8-6-2/h9-10,13,20H,5-8,11-12H2,1-4H3. The molecule has 1 N–H and O–H groups in total. The second-order valence-corrected chi connectivity index (χ2v) is 5.94. The van der Waals surface area contributed by atoms with Crippen molar-refractivity contribution in [1.29, 1.82) is 0 Å². The summed E-state index contributed by atoms with van der Waals surface area (Å²) >= 11 is 0. The molecule has 0 bridgehead atoms. The van der Waals surface area contributed by atoms with Gasteiger partial charge in [-0.2, -0.15) is 0 Å². The van der Waals surface area contributed by atoms with Crippen LogP contribution in [0.15, 0.2) is 23.0 Å². The number of ether oxygens (including phenoxy) is 2. The lowest BCUT2D eigenvalue weighted by Gasteiger charge is -2.16. The van der Waals surface area contributed by atoms with Gasteiger partial charge in [0.1, 0.15) is 0 Å². The number of methoxy groups -OCH3 is 1. The minimum Gasteiger partial charge on any atom is -0.492 e. The Balaban J connectivity index is 2.46. The number of anilines is 1. The topological polar surface area (TPSA) is 52.5 Å². The summed E-state index contributed by atoms with van der Waals surface area (Å²) < 4.78 is 12.9. The molecule has 0 spiro atoms. The van der Waals surface area contributed by atoms with Crippen LogP contribution in [0.5, 0.6) is 11.5 Å². The van der Waals surface area contributed by atoms with E-state index in [0.717, 1.165) is 48.8 Å². The maximum absolute atomic E-state index is 12.7. The predicted octanol–water partition coefficient (Wildman–Crippen LogP) is 3.94. The summed E-state index contributed by atoms with van der Waals surface area (Å²) in [4.78, 5) is 12.7. The molecule has 0 atom stereocenters. The van der Waals surface area contributed by atoms with Gasteiger partial charge in [-0.1, -0.05) is 26.7 Å². The van der Waals surface area contributed by atoms with E-state index in [4.69, 9.17) is 9.47 Å². The summed E-state index contributed by atoms with van der Waals surface area (Å²) in [6.07, 6.45) is 4.18. The predicted molar refractivity (Wildman–Crippen MR) is 99.5 cm³/mol. The normalized spacial score (nSPS) is 10.8. The molecule has 2 rings (SSSR count). The lowest BCUT2D eigenvalue weighted by molar-refractivity contribution is 0.284. The highest BCUT2D eigenvalue weighted by Gasteiger charge is 2.17. The number of fused-ring (bicyclic) bond motifs is 1. The van der Waals surface area contributed by atoms with Crippen LogP contribution in [0.4, 0.5) is 5.69 Å². The number of nitrogens with zero attached hydrogens (tertiary/aromatic N) is 1. The van der Waals surface area contributed by atoms with Crippen LogP contribution in [0.2, 0.25) is 0 Å². The van der Waals surface area contributed by atoms with Crippen molar-refractivity contribution in [3.8, 4) is 11.5 Å². The second-order valence-electron chi connectivity index (χ2n) is 5.94. The first-order valence-electron chi connectivity index (χ1n) is 8.71. The van der Waals surface area contributed by atoms with E-state index in [1.165, 1.54) is 0 Å². The first-order chi connectivity index (χ1) is 11.6. The third-order valence-corrected chi connectivity index (χ3v) is 4.12. The van der Waals surface area contributed by atoms with Crippen LogP contribution in [0, 0.1) is 0 Å². The summed E-state index contributed by atoms with van der Waals surface area (Å²) in [5.74, 6) is 0.817. The molecule has 1 aromatic heterocycles. The van der Waals surface area contributed by atoms with Gasteiger partial charge in [0, 0.05) is 24.7 Å². The quantitative estimate of drug-likeness (QED) is 0.707. The van der Waals surface area contributed by atoms with Gasteiger partial charge in [0.25, 0.3) is 5.56 Å². The van der Waals surface area contributed by atoms with Crippen LogP contribution < -0.4 is 20.3 Å². The fourth-order valence-electron chi connectivity index (χ4n) is 2.65. The zero-order chi connectivity index (χ0) is 17.5. The Kier molecular flexibility index (Phi) is 6.53. The minimum absolute atomic E-state index is 0.166. The fourth-order valence-corrected chi connectivity index (χ4v) is 2.65. The summed E-state index contributed by atoms with van der Waals surface area (Å²) in [7, 11) is 3.35. The Hall–Kier alpha value is -2.17. The van der Waals surface area contributed by atoms with Gasteiger partial charge in [0.05, 0.1) is 19.2 Å². The van der Waals surface area contributed by atoms with Crippen molar-refractivity contribution in [3.63, 3.8) is 0 Å². The number of unbranched alkanes of at least 4 members (excludes halogenated alkanes) is 2. The molecule has 5 nitrogen and oxygen atoms in total. The van der Waals surface area contributed by atoms with Gasteiger partial charge in [-0.15, -0.1) is 0 Å². The Labute approximate surface area is 143 Å². The molecule has 5 heteroatoms. The van der Waals surface area contributed by atoms with Gasteiger partial charge >= 0.3 is 0 Å². The van der Waals surface area contributed by atoms with E-state index < -0.39 is 0 Å². The third-order valence-electron chi connectivity index (χ3n) is 4.12. The second kappa shape index (κ2) is 8.62. The molecule has 0 aliphatic heterocycles. The molecule has 0 radical (unpaired) electrons. The van der Waals surface area contributed by atoms with Crippen LogP contribution in [0.3, 0.4) is 0 Å². The van der Waals surface area contributed by atoms with Gasteiger partial charge in [-0.25, -0.2) is 0 Å². The Morgan fingerprint density at radius 3 is 2.54 bits per heavy atom. The largest absolute Gasteiger partial charge is 0.492 e. The van der Waals surface area contributed by atoms with Crippen LogP contribution in [0.1, 0.15) is 39.5 Å². The van der Waals surface area contributed by atoms with E-state index in [9.17, 15) is 4.79 Å². The third kappa shape index (κ3) is 3.83. The van der Waals surface area contributed by atoms with Gasteiger partial charge in [-0.3, -0.25) is 4.79 Å². The van der Waals surface area contributed by atoms with E-state index in [1.807, 2.05) is 18.2 Å². The van der Waals surface area contributed by atoms with Crippen LogP contribution in [-0.4, -0.2) is 24.8 Å². The minimum atomic E-state index is -0.166. The molecule has 24 heavy (non-hydrogen) atoms. The van der Waals surface area contributed by atoms with E-state index in [2.05, 4.69) is 19.2 Å². The van der Waals surface area contributed by atoms with Crippen molar-refractivity contribution in [3.05, 3.63) is 28.6 Å². The Bertz CT molecular complexity index is 737. The molecule has 0 amide bonds. The zero-order valence-corrected chi connectivity index (χ0v) is 15.1. The number of hydrogen-bond donors (Lipinski definition) is 1. The molecule has 0 fully saturated rings. The van der Waals surface area contributed by atoms with Gasteiger partial charge < -0.3 is 19.4 Å². The fraction of sp³-hybridized carbons (Fsp3) is 0.526. The monoisotopic (exact) mass is 332 g/mol. The first-order valence-corrected chi connectivity index (χ1v) is 8.71. The summed E-state index contributed by atoms with van der Waals surface area (Å²) in [6, 6.07) is 5.99. The zero-order valence-electron chi connectivity index (χ0n) is 15.1. The number of benzene rings is 1. The maximum atomic E-state index is 12.7. The first kappa shape index (κ1) is 18.2. The average Bonchev–Trinajstić information content (AvgIpc) is 2.60. The molecule has 1 aromatic carbocycles. The number of aromatic nitrogens is 1.